The van der Waals surface area contributed by atoms with Gasteiger partial charge in [-0.15, -0.1) is 11.3 Å². The quantitative estimate of drug-likeness (QED) is 0.836. The van der Waals surface area contributed by atoms with Crippen LogP contribution < -0.4 is 4.90 Å². The molecule has 1 aliphatic rings. The van der Waals surface area contributed by atoms with Crippen LogP contribution in [0.2, 0.25) is 0 Å². The molecule has 0 radical (unpaired) electrons. The first-order valence-corrected chi connectivity index (χ1v) is 6.10. The van der Waals surface area contributed by atoms with E-state index in [1.165, 1.54) is 11.3 Å². The number of aromatic carboxylic acids is 1. The molecule has 1 aromatic rings. The molecule has 1 aliphatic heterocycles. The second kappa shape index (κ2) is 4.39. The Bertz CT molecular complexity index is 393. The molecule has 6 heteroatoms. The van der Waals surface area contributed by atoms with Crippen molar-refractivity contribution in [1.29, 1.82) is 0 Å². The molecule has 16 heavy (non-hydrogen) atoms. The molecule has 0 aliphatic carbocycles. The van der Waals surface area contributed by atoms with Crippen molar-refractivity contribution in [2.24, 2.45) is 0 Å². The molecule has 1 saturated heterocycles. The maximum absolute atomic E-state index is 10.7. The number of aromatic nitrogens is 1. The lowest BCUT2D eigenvalue weighted by molar-refractivity contribution is 0.0691. The van der Waals surface area contributed by atoms with E-state index in [-0.39, 0.29) is 5.69 Å². The Hall–Kier alpha value is -1.14. The minimum atomic E-state index is -0.954. The van der Waals surface area contributed by atoms with Gasteiger partial charge in [-0.2, -0.15) is 0 Å². The summed E-state index contributed by atoms with van der Waals surface area (Å²) in [7, 11) is 2.10. The number of nitrogens with zero attached hydrogens (tertiary/aromatic N) is 3. The Balaban J connectivity index is 2.14. The molecule has 1 unspecified atom stereocenters. The zero-order valence-electron chi connectivity index (χ0n) is 9.38. The van der Waals surface area contributed by atoms with Crippen LogP contribution in [0.4, 0.5) is 5.13 Å². The summed E-state index contributed by atoms with van der Waals surface area (Å²) in [5, 5.41) is 11.2. The van der Waals surface area contributed by atoms with Crippen LogP contribution in [0.5, 0.6) is 0 Å². The van der Waals surface area contributed by atoms with E-state index in [0.29, 0.717) is 6.04 Å². The van der Waals surface area contributed by atoms with Crippen LogP contribution in [-0.2, 0) is 0 Å². The van der Waals surface area contributed by atoms with E-state index in [0.717, 1.165) is 24.8 Å². The average Bonchev–Trinajstić information content (AvgIpc) is 2.66. The van der Waals surface area contributed by atoms with Gasteiger partial charge in [0.15, 0.2) is 10.8 Å². The van der Waals surface area contributed by atoms with Gasteiger partial charge in [-0.25, -0.2) is 9.78 Å². The normalized spacial score (nSPS) is 22.4. The highest BCUT2D eigenvalue weighted by Crippen LogP contribution is 2.24. The van der Waals surface area contributed by atoms with Crippen LogP contribution in [0.1, 0.15) is 17.4 Å². The second-order valence-corrected chi connectivity index (χ2v) is 4.96. The Labute approximate surface area is 98.3 Å². The predicted octanol–water partition coefficient (Wildman–Crippen LogP) is 0.982. The smallest absolute Gasteiger partial charge is 0.355 e. The van der Waals surface area contributed by atoms with Crippen LogP contribution in [0.3, 0.4) is 0 Å². The number of hydrogen-bond donors (Lipinski definition) is 1. The van der Waals surface area contributed by atoms with E-state index in [2.05, 4.69) is 28.8 Å². The van der Waals surface area contributed by atoms with Crippen LogP contribution in [0, 0.1) is 0 Å². The highest BCUT2D eigenvalue weighted by molar-refractivity contribution is 7.13. The maximum Gasteiger partial charge on any atom is 0.355 e. The average molecular weight is 241 g/mol. The Morgan fingerprint density at radius 3 is 2.94 bits per heavy atom. The molecule has 1 aromatic heterocycles. The van der Waals surface area contributed by atoms with Crippen LogP contribution in [0.15, 0.2) is 5.38 Å². The molecule has 0 bridgehead atoms. The Morgan fingerprint density at radius 2 is 2.38 bits per heavy atom. The molecule has 1 fully saturated rings. The van der Waals surface area contributed by atoms with E-state index in [1.54, 1.807) is 5.38 Å². The fourth-order valence-electron chi connectivity index (χ4n) is 1.92. The van der Waals surface area contributed by atoms with E-state index >= 15 is 0 Å². The number of carbonyl (C=O) groups is 1. The molecular formula is C10H15N3O2S. The number of carboxylic acids is 1. The number of likely N-dealkylation sites (N-methyl/N-ethyl adjacent to an activating group) is 1. The molecule has 0 amide bonds. The third-order valence-corrected chi connectivity index (χ3v) is 3.67. The molecule has 0 aromatic carbocycles. The fourth-order valence-corrected chi connectivity index (χ4v) is 2.85. The topological polar surface area (TPSA) is 56.7 Å². The minimum absolute atomic E-state index is 0.145. The summed E-state index contributed by atoms with van der Waals surface area (Å²) in [5.41, 5.74) is 0.145. The SMILES string of the molecule is CC1CN(C)CCN1c1nc(C(=O)O)cs1. The molecule has 0 spiro atoms. The van der Waals surface area contributed by atoms with Crippen molar-refractivity contribution in [3.05, 3.63) is 11.1 Å². The Morgan fingerprint density at radius 1 is 1.62 bits per heavy atom. The van der Waals surface area contributed by atoms with Crippen molar-refractivity contribution in [3.8, 4) is 0 Å². The zero-order chi connectivity index (χ0) is 11.7. The van der Waals surface area contributed by atoms with Gasteiger partial charge in [-0.3, -0.25) is 0 Å². The second-order valence-electron chi connectivity index (χ2n) is 4.13. The van der Waals surface area contributed by atoms with Crippen LogP contribution >= 0.6 is 11.3 Å². The van der Waals surface area contributed by atoms with Crippen molar-refractivity contribution < 1.29 is 9.90 Å². The number of piperazine rings is 1. The molecule has 1 N–H and O–H groups in total. The van der Waals surface area contributed by atoms with Gasteiger partial charge in [0.2, 0.25) is 0 Å². The first-order chi connectivity index (χ1) is 7.58. The van der Waals surface area contributed by atoms with Gasteiger partial charge >= 0.3 is 5.97 Å². The lowest BCUT2D eigenvalue weighted by Crippen LogP contribution is -2.50. The van der Waals surface area contributed by atoms with Crippen molar-refractivity contribution in [2.75, 3.05) is 31.6 Å². The first kappa shape index (κ1) is 11.3. The van der Waals surface area contributed by atoms with Crippen molar-refractivity contribution in [3.63, 3.8) is 0 Å². The molecule has 2 heterocycles. The zero-order valence-corrected chi connectivity index (χ0v) is 10.2. The summed E-state index contributed by atoms with van der Waals surface area (Å²) in [5.74, 6) is -0.954. The van der Waals surface area contributed by atoms with E-state index in [4.69, 9.17) is 5.11 Å². The number of thiazole rings is 1. The first-order valence-electron chi connectivity index (χ1n) is 5.22. The van der Waals surface area contributed by atoms with Crippen molar-refractivity contribution in [2.45, 2.75) is 13.0 Å². The van der Waals surface area contributed by atoms with E-state index in [9.17, 15) is 4.79 Å². The molecule has 88 valence electrons. The lowest BCUT2D eigenvalue weighted by Gasteiger charge is -2.38. The van der Waals surface area contributed by atoms with Gasteiger partial charge in [0.1, 0.15) is 0 Å². The van der Waals surface area contributed by atoms with Gasteiger partial charge in [-0.05, 0) is 14.0 Å². The number of rotatable bonds is 2. The molecule has 2 rings (SSSR count). The van der Waals surface area contributed by atoms with Crippen LogP contribution in [0.25, 0.3) is 0 Å². The van der Waals surface area contributed by atoms with Gasteiger partial charge in [0.05, 0.1) is 0 Å². The van der Waals surface area contributed by atoms with Gasteiger partial charge in [0, 0.05) is 31.1 Å². The molecule has 5 nitrogen and oxygen atoms in total. The van der Waals surface area contributed by atoms with Gasteiger partial charge in [-0.1, -0.05) is 0 Å². The fraction of sp³-hybridized carbons (Fsp3) is 0.600. The van der Waals surface area contributed by atoms with Gasteiger partial charge < -0.3 is 14.9 Å². The van der Waals surface area contributed by atoms with Crippen molar-refractivity contribution >= 4 is 22.4 Å². The highest BCUT2D eigenvalue weighted by Gasteiger charge is 2.24. The summed E-state index contributed by atoms with van der Waals surface area (Å²) in [6, 6.07) is 0.381. The summed E-state index contributed by atoms with van der Waals surface area (Å²) in [6.45, 7) is 5.02. The standard InChI is InChI=1S/C10H15N3O2S/c1-7-5-12(2)3-4-13(7)10-11-8(6-16-10)9(14)15/h6-7H,3-5H2,1-2H3,(H,14,15). The summed E-state index contributed by atoms with van der Waals surface area (Å²) in [4.78, 5) is 19.3. The minimum Gasteiger partial charge on any atom is -0.476 e. The summed E-state index contributed by atoms with van der Waals surface area (Å²) >= 11 is 1.40. The lowest BCUT2D eigenvalue weighted by atomic mass is 10.2. The predicted molar refractivity (Wildman–Crippen MR) is 63.4 cm³/mol. The summed E-state index contributed by atoms with van der Waals surface area (Å²) in [6.07, 6.45) is 0. The third-order valence-electron chi connectivity index (χ3n) is 2.79. The molecular weight excluding hydrogens is 226 g/mol. The highest BCUT2D eigenvalue weighted by atomic mass is 32.1. The monoisotopic (exact) mass is 241 g/mol. The van der Waals surface area contributed by atoms with Crippen molar-refractivity contribution in [1.82, 2.24) is 9.88 Å². The van der Waals surface area contributed by atoms with Crippen LogP contribution in [-0.4, -0.2) is 53.7 Å². The van der Waals surface area contributed by atoms with E-state index < -0.39 is 5.97 Å². The largest absolute Gasteiger partial charge is 0.476 e. The molecule has 1 atom stereocenters. The Kier molecular flexibility index (Phi) is 3.11. The van der Waals surface area contributed by atoms with E-state index in [1.807, 2.05) is 0 Å². The number of carboxylic acid groups (broad SMARTS) is 1. The summed E-state index contributed by atoms with van der Waals surface area (Å²) < 4.78 is 0. The number of hydrogen-bond acceptors (Lipinski definition) is 5. The third kappa shape index (κ3) is 2.17. The molecule has 0 saturated carbocycles. The van der Waals surface area contributed by atoms with Gasteiger partial charge in [0.25, 0.3) is 0 Å². The maximum atomic E-state index is 10.7. The number of anilines is 1.